The molecule has 1 aliphatic heterocycles. The molecular formula is C11H16FN2OP. The Morgan fingerprint density at radius 1 is 1.31 bits per heavy atom. The minimum absolute atomic E-state index is 0.165. The van der Waals surface area contributed by atoms with Gasteiger partial charge < -0.3 is 10.5 Å². The minimum Gasteiger partial charge on any atom is -0.490 e. The Bertz CT molecular complexity index is 347. The summed E-state index contributed by atoms with van der Waals surface area (Å²) in [4.78, 5) is 0. The summed E-state index contributed by atoms with van der Waals surface area (Å²) in [5, 5.41) is 0. The number of hydrogen-bond acceptors (Lipinski definition) is 3. The highest BCUT2D eigenvalue weighted by atomic mass is 31.0. The zero-order chi connectivity index (χ0) is 11.5. The number of ether oxygens (including phenoxy) is 1. The molecule has 88 valence electrons. The van der Waals surface area contributed by atoms with Crippen LogP contribution < -0.4 is 10.5 Å². The van der Waals surface area contributed by atoms with Gasteiger partial charge in [0.1, 0.15) is 17.7 Å². The highest BCUT2D eigenvalue weighted by Gasteiger charge is 2.18. The normalized spacial score (nSPS) is 18.6. The number of nitrogen functional groups attached to an aromatic ring is 1. The second-order valence-electron chi connectivity index (χ2n) is 4.07. The Morgan fingerprint density at radius 2 is 2.00 bits per heavy atom. The lowest BCUT2D eigenvalue weighted by Crippen LogP contribution is -2.32. The van der Waals surface area contributed by atoms with Gasteiger partial charge in [-0.15, -0.1) is 0 Å². The molecule has 0 saturated carbocycles. The molecule has 3 nitrogen and oxygen atoms in total. The van der Waals surface area contributed by atoms with Gasteiger partial charge >= 0.3 is 0 Å². The first-order valence-corrected chi connectivity index (χ1v) is 5.87. The van der Waals surface area contributed by atoms with Gasteiger partial charge in [-0.3, -0.25) is 4.67 Å². The van der Waals surface area contributed by atoms with E-state index >= 15 is 0 Å². The number of rotatable bonds is 2. The molecule has 0 radical (unpaired) electrons. The van der Waals surface area contributed by atoms with Crippen LogP contribution in [0.4, 0.5) is 10.1 Å². The van der Waals surface area contributed by atoms with Gasteiger partial charge in [-0.2, -0.15) is 0 Å². The van der Waals surface area contributed by atoms with Gasteiger partial charge in [0.15, 0.2) is 0 Å². The van der Waals surface area contributed by atoms with Crippen molar-refractivity contribution < 1.29 is 9.13 Å². The lowest BCUT2D eigenvalue weighted by atomic mass is 10.1. The van der Waals surface area contributed by atoms with Crippen molar-refractivity contribution in [1.82, 2.24) is 4.67 Å². The molecule has 0 bridgehead atoms. The second-order valence-corrected chi connectivity index (χ2v) is 4.80. The van der Waals surface area contributed by atoms with E-state index in [1.807, 2.05) is 0 Å². The number of anilines is 1. The molecule has 0 amide bonds. The first-order chi connectivity index (χ1) is 7.63. The predicted molar refractivity (Wildman–Crippen MR) is 65.7 cm³/mol. The Morgan fingerprint density at radius 3 is 2.62 bits per heavy atom. The van der Waals surface area contributed by atoms with Crippen LogP contribution in [0.15, 0.2) is 18.2 Å². The van der Waals surface area contributed by atoms with Crippen molar-refractivity contribution in [1.29, 1.82) is 0 Å². The first-order valence-electron chi connectivity index (χ1n) is 5.36. The van der Waals surface area contributed by atoms with Crippen molar-refractivity contribution in [2.24, 2.45) is 0 Å². The molecule has 1 aromatic carbocycles. The maximum absolute atomic E-state index is 13.1. The van der Waals surface area contributed by atoms with Gasteiger partial charge in [0.2, 0.25) is 0 Å². The molecular weight excluding hydrogens is 226 g/mol. The molecule has 0 aliphatic carbocycles. The third-order valence-corrected chi connectivity index (χ3v) is 3.19. The zero-order valence-electron chi connectivity index (χ0n) is 9.03. The molecule has 2 N–H and O–H groups in total. The molecule has 2 rings (SSSR count). The van der Waals surface area contributed by atoms with Crippen LogP contribution in [-0.2, 0) is 0 Å². The largest absolute Gasteiger partial charge is 0.490 e. The van der Waals surface area contributed by atoms with Crippen molar-refractivity contribution in [2.45, 2.75) is 18.9 Å². The molecule has 5 heteroatoms. The van der Waals surface area contributed by atoms with E-state index in [0.717, 1.165) is 25.9 Å². The van der Waals surface area contributed by atoms with Gasteiger partial charge in [-0.25, -0.2) is 4.39 Å². The molecule has 16 heavy (non-hydrogen) atoms. The van der Waals surface area contributed by atoms with Gasteiger partial charge in [0, 0.05) is 30.9 Å². The second kappa shape index (κ2) is 4.98. The summed E-state index contributed by atoms with van der Waals surface area (Å²) in [6.45, 7) is 1.97. The van der Waals surface area contributed by atoms with Gasteiger partial charge in [0.25, 0.3) is 0 Å². The Labute approximate surface area is 97.0 Å². The summed E-state index contributed by atoms with van der Waals surface area (Å²) in [7, 11) is 2.68. The maximum Gasteiger partial charge on any atom is 0.128 e. The lowest BCUT2D eigenvalue weighted by Gasteiger charge is -2.29. The highest BCUT2D eigenvalue weighted by molar-refractivity contribution is 7.13. The van der Waals surface area contributed by atoms with Crippen LogP contribution in [0.5, 0.6) is 5.75 Å². The molecule has 1 aromatic rings. The van der Waals surface area contributed by atoms with Crippen LogP contribution >= 0.6 is 9.39 Å². The van der Waals surface area contributed by atoms with E-state index < -0.39 is 0 Å². The number of benzene rings is 1. The van der Waals surface area contributed by atoms with Gasteiger partial charge in [-0.05, 0) is 18.9 Å². The topological polar surface area (TPSA) is 38.5 Å². The van der Waals surface area contributed by atoms with E-state index in [-0.39, 0.29) is 11.9 Å². The van der Waals surface area contributed by atoms with E-state index in [4.69, 9.17) is 10.5 Å². The number of piperidine rings is 1. The lowest BCUT2D eigenvalue weighted by molar-refractivity contribution is 0.138. The van der Waals surface area contributed by atoms with Gasteiger partial charge in [-0.1, -0.05) is 9.39 Å². The standard InChI is InChI=1S/C11H16FN2OP/c12-8-5-9(13)7-11(6-8)15-10-1-3-14(16)4-2-10/h5-7,10H,1-4,13,16H2. The minimum atomic E-state index is -0.349. The van der Waals surface area contributed by atoms with Crippen molar-refractivity contribution in [3.63, 3.8) is 0 Å². The number of halogens is 1. The summed E-state index contributed by atoms with van der Waals surface area (Å²) >= 11 is 0. The van der Waals surface area contributed by atoms with Crippen LogP contribution in [0.3, 0.4) is 0 Å². The first kappa shape index (κ1) is 11.6. The van der Waals surface area contributed by atoms with E-state index in [1.165, 1.54) is 12.1 Å². The molecule has 1 saturated heterocycles. The fraction of sp³-hybridized carbons (Fsp3) is 0.455. The summed E-state index contributed by atoms with van der Waals surface area (Å²) in [5.41, 5.74) is 5.96. The Balaban J connectivity index is 1.98. The van der Waals surface area contributed by atoms with Crippen molar-refractivity contribution in [3.8, 4) is 5.75 Å². The summed E-state index contributed by atoms with van der Waals surface area (Å²) in [6, 6.07) is 4.33. The molecule has 1 atom stereocenters. The van der Waals surface area contributed by atoms with E-state index in [2.05, 4.69) is 14.1 Å². The summed E-state index contributed by atoms with van der Waals surface area (Å²) in [6.07, 6.45) is 2.08. The quantitative estimate of drug-likeness (QED) is 0.637. The van der Waals surface area contributed by atoms with Crippen LogP contribution in [0.25, 0.3) is 0 Å². The highest BCUT2D eigenvalue weighted by Crippen LogP contribution is 2.23. The van der Waals surface area contributed by atoms with Crippen molar-refractivity contribution >= 4 is 15.1 Å². The number of nitrogens with two attached hydrogens (primary N) is 1. The van der Waals surface area contributed by atoms with Crippen molar-refractivity contribution in [2.75, 3.05) is 18.8 Å². The SMILES string of the molecule is Nc1cc(F)cc(OC2CCN(P)CC2)c1. The fourth-order valence-electron chi connectivity index (χ4n) is 1.84. The molecule has 0 aromatic heterocycles. The Hall–Kier alpha value is -0.860. The van der Waals surface area contributed by atoms with Crippen LogP contribution in [0, 0.1) is 5.82 Å². The van der Waals surface area contributed by atoms with E-state index in [1.54, 1.807) is 6.07 Å². The van der Waals surface area contributed by atoms with Crippen LogP contribution in [0.2, 0.25) is 0 Å². The fourth-order valence-corrected chi connectivity index (χ4v) is 2.14. The molecule has 0 spiro atoms. The predicted octanol–water partition coefficient (Wildman–Crippen LogP) is 2.04. The molecule has 1 fully saturated rings. The smallest absolute Gasteiger partial charge is 0.128 e. The van der Waals surface area contributed by atoms with Crippen LogP contribution in [0.1, 0.15) is 12.8 Å². The van der Waals surface area contributed by atoms with Crippen molar-refractivity contribution in [3.05, 3.63) is 24.0 Å². The zero-order valence-corrected chi connectivity index (χ0v) is 10.2. The molecule has 1 aliphatic rings. The monoisotopic (exact) mass is 242 g/mol. The Kier molecular flexibility index (Phi) is 3.62. The van der Waals surface area contributed by atoms with E-state index in [0.29, 0.717) is 11.4 Å². The third kappa shape index (κ3) is 3.06. The van der Waals surface area contributed by atoms with Crippen LogP contribution in [-0.4, -0.2) is 23.9 Å². The van der Waals surface area contributed by atoms with E-state index in [9.17, 15) is 4.39 Å². The summed E-state index contributed by atoms with van der Waals surface area (Å²) < 4.78 is 21.0. The van der Waals surface area contributed by atoms with Gasteiger partial charge in [0.05, 0.1) is 0 Å². The number of hydrogen-bond donors (Lipinski definition) is 1. The summed E-state index contributed by atoms with van der Waals surface area (Å²) in [5.74, 6) is 0.179. The molecule has 1 unspecified atom stereocenters. The molecule has 1 heterocycles. The average molecular weight is 242 g/mol. The average Bonchev–Trinajstić information content (AvgIpc) is 2.20. The maximum atomic E-state index is 13.1. The number of nitrogens with zero attached hydrogens (tertiary/aromatic N) is 1. The third-order valence-electron chi connectivity index (χ3n) is 2.67.